The minimum Gasteiger partial charge on any atom is -0.327 e. The van der Waals surface area contributed by atoms with Gasteiger partial charge in [0, 0.05) is 21.8 Å². The average molecular weight is 382 g/mol. The average Bonchev–Trinajstić information content (AvgIpc) is 3.09. The van der Waals surface area contributed by atoms with Crippen LogP contribution < -0.4 is 10.6 Å². The highest BCUT2D eigenvalue weighted by atomic mass is 35.5. The Morgan fingerprint density at radius 1 is 1.26 bits per heavy atom. The normalized spacial score (nSPS) is 16.8. The highest BCUT2D eigenvalue weighted by molar-refractivity contribution is 6.31. The van der Waals surface area contributed by atoms with Crippen molar-refractivity contribution in [3.05, 3.63) is 71.0 Å². The number of hydrogen-bond acceptors (Lipinski definition) is 3. The summed E-state index contributed by atoms with van der Waals surface area (Å²) in [5, 5.41) is 13.7. The van der Waals surface area contributed by atoms with Crippen LogP contribution in [0.4, 0.5) is 15.3 Å². The van der Waals surface area contributed by atoms with Crippen molar-refractivity contribution < 1.29 is 9.59 Å². The fourth-order valence-electron chi connectivity index (χ4n) is 3.06. The van der Waals surface area contributed by atoms with E-state index in [9.17, 15) is 9.59 Å². The lowest BCUT2D eigenvalue weighted by molar-refractivity contribution is 0.199. The summed E-state index contributed by atoms with van der Waals surface area (Å²) in [4.78, 5) is 26.3. The number of fused-ring (bicyclic) bond motifs is 1. The van der Waals surface area contributed by atoms with E-state index in [1.54, 1.807) is 37.4 Å². The van der Waals surface area contributed by atoms with Crippen molar-refractivity contribution in [2.45, 2.75) is 13.0 Å². The second-order valence-electron chi connectivity index (χ2n) is 6.19. The number of allylic oxidation sites excluding steroid dienone is 1. The van der Waals surface area contributed by atoms with Gasteiger partial charge in [0.25, 0.3) is 0 Å². The van der Waals surface area contributed by atoms with Gasteiger partial charge in [-0.3, -0.25) is 5.10 Å². The minimum absolute atomic E-state index is 0.391. The summed E-state index contributed by atoms with van der Waals surface area (Å²) in [7, 11) is 0. The van der Waals surface area contributed by atoms with Crippen LogP contribution >= 0.6 is 11.6 Å². The Bertz CT molecular complexity index is 1070. The Hall–Kier alpha value is -3.32. The van der Waals surface area contributed by atoms with Crippen molar-refractivity contribution in [2.75, 3.05) is 5.32 Å². The lowest BCUT2D eigenvalue weighted by Crippen LogP contribution is -2.48. The quantitative estimate of drug-likeness (QED) is 0.613. The number of urea groups is 2. The van der Waals surface area contributed by atoms with E-state index < -0.39 is 18.1 Å². The summed E-state index contributed by atoms with van der Waals surface area (Å²) < 4.78 is 0. The van der Waals surface area contributed by atoms with Gasteiger partial charge in [-0.05, 0) is 42.8 Å². The van der Waals surface area contributed by atoms with E-state index in [1.165, 1.54) is 0 Å². The molecule has 1 aromatic heterocycles. The van der Waals surface area contributed by atoms with Gasteiger partial charge >= 0.3 is 12.1 Å². The Morgan fingerprint density at radius 2 is 2.07 bits per heavy atom. The number of H-pyrrole nitrogens is 1. The molecule has 0 spiro atoms. The topological polar surface area (TPSA) is 90.1 Å². The first-order chi connectivity index (χ1) is 13.0. The molecule has 3 N–H and O–H groups in total. The number of imide groups is 1. The molecule has 2 aromatic carbocycles. The number of rotatable bonds is 2. The second kappa shape index (κ2) is 6.77. The molecule has 0 saturated carbocycles. The zero-order valence-electron chi connectivity index (χ0n) is 14.4. The van der Waals surface area contributed by atoms with Gasteiger partial charge in [-0.2, -0.15) is 5.10 Å². The summed E-state index contributed by atoms with van der Waals surface area (Å²) in [6.07, 6.45) is 3.46. The van der Waals surface area contributed by atoms with Crippen LogP contribution in [-0.4, -0.2) is 27.2 Å². The number of anilines is 1. The molecule has 0 radical (unpaired) electrons. The predicted octanol–water partition coefficient (Wildman–Crippen LogP) is 4.42. The van der Waals surface area contributed by atoms with Crippen LogP contribution in [0, 0.1) is 0 Å². The maximum Gasteiger partial charge on any atom is 0.334 e. The van der Waals surface area contributed by atoms with Crippen molar-refractivity contribution in [3.63, 3.8) is 0 Å². The number of carbonyl (C=O) groups is 2. The molecule has 1 atom stereocenters. The molecule has 1 unspecified atom stereocenters. The molecule has 27 heavy (non-hydrogen) atoms. The molecule has 8 heteroatoms. The molecule has 0 fully saturated rings. The summed E-state index contributed by atoms with van der Waals surface area (Å²) in [6, 6.07) is 11.2. The number of aromatic amines is 1. The van der Waals surface area contributed by atoms with E-state index in [1.807, 2.05) is 24.3 Å². The Balaban J connectivity index is 1.56. The van der Waals surface area contributed by atoms with Gasteiger partial charge in [0.2, 0.25) is 0 Å². The first-order valence-electron chi connectivity index (χ1n) is 8.30. The number of amides is 4. The first kappa shape index (κ1) is 17.1. The molecule has 4 rings (SSSR count). The van der Waals surface area contributed by atoms with E-state index >= 15 is 0 Å². The van der Waals surface area contributed by atoms with Gasteiger partial charge in [-0.25, -0.2) is 14.5 Å². The van der Waals surface area contributed by atoms with Gasteiger partial charge in [0.1, 0.15) is 0 Å². The van der Waals surface area contributed by atoms with Crippen LogP contribution in [0.25, 0.3) is 10.9 Å². The first-order valence-corrected chi connectivity index (χ1v) is 8.68. The van der Waals surface area contributed by atoms with Gasteiger partial charge in [0.15, 0.2) is 0 Å². The van der Waals surface area contributed by atoms with Crippen LogP contribution in [-0.2, 0) is 0 Å². The molecule has 0 bridgehead atoms. The Morgan fingerprint density at radius 3 is 2.85 bits per heavy atom. The fraction of sp³-hybridized carbons (Fsp3) is 0.105. The second-order valence-corrected chi connectivity index (χ2v) is 6.60. The molecule has 7 nitrogen and oxygen atoms in total. The van der Waals surface area contributed by atoms with Crippen LogP contribution in [0.3, 0.4) is 0 Å². The molecule has 3 aromatic rings. The zero-order chi connectivity index (χ0) is 19.0. The maximum atomic E-state index is 12.6. The number of hydrogen-bond donors (Lipinski definition) is 3. The van der Waals surface area contributed by atoms with Crippen molar-refractivity contribution in [1.29, 1.82) is 0 Å². The van der Waals surface area contributed by atoms with Gasteiger partial charge in [0.05, 0.1) is 17.8 Å². The van der Waals surface area contributed by atoms with Gasteiger partial charge < -0.3 is 10.6 Å². The summed E-state index contributed by atoms with van der Waals surface area (Å²) in [6.45, 7) is 1.71. The lowest BCUT2D eigenvalue weighted by Gasteiger charge is -2.30. The zero-order valence-corrected chi connectivity index (χ0v) is 15.1. The van der Waals surface area contributed by atoms with Crippen molar-refractivity contribution in [3.8, 4) is 0 Å². The molecule has 1 aliphatic rings. The highest BCUT2D eigenvalue weighted by Crippen LogP contribution is 2.28. The van der Waals surface area contributed by atoms with Crippen molar-refractivity contribution >= 4 is 40.3 Å². The smallest absolute Gasteiger partial charge is 0.327 e. The predicted molar refractivity (Wildman–Crippen MR) is 103 cm³/mol. The Kier molecular flexibility index (Phi) is 4.29. The monoisotopic (exact) mass is 381 g/mol. The van der Waals surface area contributed by atoms with Crippen LogP contribution in [0.1, 0.15) is 18.5 Å². The van der Waals surface area contributed by atoms with E-state index in [0.29, 0.717) is 16.4 Å². The third-order valence-corrected chi connectivity index (χ3v) is 4.72. The molecule has 136 valence electrons. The molecule has 0 saturated heterocycles. The van der Waals surface area contributed by atoms with E-state index in [2.05, 4.69) is 20.8 Å². The summed E-state index contributed by atoms with van der Waals surface area (Å²) in [5.41, 5.74) is 2.73. The number of aromatic nitrogens is 2. The summed E-state index contributed by atoms with van der Waals surface area (Å²) >= 11 is 6.22. The number of carbonyl (C=O) groups excluding carboxylic acids is 2. The largest absolute Gasteiger partial charge is 0.334 e. The third-order valence-electron chi connectivity index (χ3n) is 4.38. The maximum absolute atomic E-state index is 12.6. The van der Waals surface area contributed by atoms with Crippen LogP contribution in [0.2, 0.25) is 5.02 Å². The van der Waals surface area contributed by atoms with Crippen molar-refractivity contribution in [1.82, 2.24) is 20.4 Å². The van der Waals surface area contributed by atoms with E-state index in [0.717, 1.165) is 21.4 Å². The van der Waals surface area contributed by atoms with Gasteiger partial charge in [-0.1, -0.05) is 29.8 Å². The number of halogens is 1. The van der Waals surface area contributed by atoms with Gasteiger partial charge in [-0.15, -0.1) is 0 Å². The molecular formula is C19H16ClN5O2. The molecule has 4 amide bonds. The third kappa shape index (κ3) is 3.24. The molecule has 1 aliphatic heterocycles. The standard InChI is InChI=1S/C19H16ClN5O2/c1-11-8-17(14-4-2-3-5-15(14)20)23-19(27)25(11)18(26)22-13-6-7-16-12(9-13)10-21-24-16/h2-10,17H,1H3,(H,21,24)(H,22,26)(H,23,27). The fourth-order valence-corrected chi connectivity index (χ4v) is 3.32. The molecule has 2 heterocycles. The minimum atomic E-state index is -0.540. The van der Waals surface area contributed by atoms with Crippen LogP contribution in [0.5, 0.6) is 0 Å². The number of nitrogens with one attached hydrogen (secondary N) is 3. The summed E-state index contributed by atoms with van der Waals surface area (Å²) in [5.74, 6) is 0. The van der Waals surface area contributed by atoms with E-state index in [-0.39, 0.29) is 0 Å². The highest BCUT2D eigenvalue weighted by Gasteiger charge is 2.31. The SMILES string of the molecule is CC1=CC(c2ccccc2Cl)NC(=O)N1C(=O)Nc1ccc2[nH]ncc2c1. The molecule has 0 aliphatic carbocycles. The van der Waals surface area contributed by atoms with Crippen LogP contribution in [0.15, 0.2) is 60.4 Å². The molecular weight excluding hydrogens is 366 g/mol. The number of benzene rings is 2. The van der Waals surface area contributed by atoms with E-state index in [4.69, 9.17) is 11.6 Å². The van der Waals surface area contributed by atoms with Crippen molar-refractivity contribution in [2.24, 2.45) is 0 Å². The number of nitrogens with zero attached hydrogens (tertiary/aromatic N) is 2. The Labute approximate surface area is 160 Å². The lowest BCUT2D eigenvalue weighted by atomic mass is 10.0.